The molecule has 0 unspecified atom stereocenters. The number of halogens is 2. The fourth-order valence-corrected chi connectivity index (χ4v) is 2.86. The lowest BCUT2D eigenvalue weighted by Gasteiger charge is -2.41. The van der Waals surface area contributed by atoms with Crippen molar-refractivity contribution in [3.63, 3.8) is 0 Å². The van der Waals surface area contributed by atoms with Crippen LogP contribution in [0.1, 0.15) is 16.8 Å². The molecule has 0 bridgehead atoms. The Morgan fingerprint density at radius 3 is 2.91 bits per heavy atom. The van der Waals surface area contributed by atoms with Crippen molar-refractivity contribution >= 4 is 23.4 Å². The molecule has 126 valence electrons. The molecule has 1 aromatic carbocycles. The lowest BCUT2D eigenvalue weighted by atomic mass is 9.97. The van der Waals surface area contributed by atoms with Crippen molar-refractivity contribution in [2.24, 2.45) is 5.73 Å². The first kappa shape index (κ1) is 17.7. The summed E-state index contributed by atoms with van der Waals surface area (Å²) in [5.74, 6) is -1.85. The number of benzene rings is 1. The summed E-state index contributed by atoms with van der Waals surface area (Å²) in [4.78, 5) is 25.3. The van der Waals surface area contributed by atoms with Crippen LogP contribution in [0.15, 0.2) is 18.2 Å². The van der Waals surface area contributed by atoms with Crippen molar-refractivity contribution in [1.82, 2.24) is 4.90 Å². The van der Waals surface area contributed by atoms with Gasteiger partial charge in [-0.05, 0) is 12.1 Å². The molecule has 0 radical (unpaired) electrons. The summed E-state index contributed by atoms with van der Waals surface area (Å²) in [6.07, 6.45) is -0.0946. The minimum absolute atomic E-state index is 0.0779. The van der Waals surface area contributed by atoms with Gasteiger partial charge in [-0.15, -0.1) is 0 Å². The van der Waals surface area contributed by atoms with Gasteiger partial charge in [0.05, 0.1) is 36.8 Å². The van der Waals surface area contributed by atoms with Gasteiger partial charge in [0.2, 0.25) is 5.91 Å². The number of amides is 2. The van der Waals surface area contributed by atoms with Crippen LogP contribution in [0.5, 0.6) is 0 Å². The molecule has 1 saturated heterocycles. The van der Waals surface area contributed by atoms with Crippen LogP contribution in [0.2, 0.25) is 5.02 Å². The Labute approximate surface area is 138 Å². The van der Waals surface area contributed by atoms with Crippen LogP contribution in [0.25, 0.3) is 0 Å². The Hall–Kier alpha value is -1.70. The van der Waals surface area contributed by atoms with E-state index >= 15 is 0 Å². The van der Waals surface area contributed by atoms with E-state index in [1.165, 1.54) is 30.2 Å². The molecule has 1 atom stereocenters. The second-order valence-electron chi connectivity index (χ2n) is 5.44. The standard InChI is InChI=1S/C15H18ClFN2O4/c1-22-9-15(7-12(18)20)8-19(5-6-23-15)14(21)10-3-2-4-11(16)13(10)17/h2-4H,5-9H2,1H3,(H2,18,20)/t15-/m1/s1. The number of hydrogen-bond donors (Lipinski definition) is 1. The van der Waals surface area contributed by atoms with Crippen LogP contribution in [0.3, 0.4) is 0 Å². The maximum atomic E-state index is 14.0. The fourth-order valence-electron chi connectivity index (χ4n) is 2.68. The van der Waals surface area contributed by atoms with Crippen LogP contribution >= 0.6 is 11.6 Å². The second kappa shape index (κ2) is 7.25. The van der Waals surface area contributed by atoms with Crippen LogP contribution in [0.4, 0.5) is 4.39 Å². The Kier molecular flexibility index (Phi) is 5.56. The molecule has 0 saturated carbocycles. The summed E-state index contributed by atoms with van der Waals surface area (Å²) in [7, 11) is 1.46. The van der Waals surface area contributed by atoms with E-state index in [9.17, 15) is 14.0 Å². The van der Waals surface area contributed by atoms with E-state index in [2.05, 4.69) is 0 Å². The highest BCUT2D eigenvalue weighted by atomic mass is 35.5. The van der Waals surface area contributed by atoms with Gasteiger partial charge in [0.15, 0.2) is 5.82 Å². The number of hydrogen-bond acceptors (Lipinski definition) is 4. The molecule has 2 amide bonds. The van der Waals surface area contributed by atoms with Crippen LogP contribution in [0, 0.1) is 5.82 Å². The molecule has 1 heterocycles. The highest BCUT2D eigenvalue weighted by Gasteiger charge is 2.40. The lowest BCUT2D eigenvalue weighted by molar-refractivity contribution is -0.148. The first-order valence-corrected chi connectivity index (χ1v) is 7.41. The van der Waals surface area contributed by atoms with Crippen LogP contribution in [-0.2, 0) is 14.3 Å². The molecule has 0 spiro atoms. The van der Waals surface area contributed by atoms with E-state index in [-0.39, 0.29) is 43.3 Å². The normalized spacial score (nSPS) is 21.3. The molecule has 0 aromatic heterocycles. The van der Waals surface area contributed by atoms with E-state index in [4.69, 9.17) is 26.8 Å². The number of nitrogens with two attached hydrogens (primary N) is 1. The first-order valence-electron chi connectivity index (χ1n) is 7.03. The van der Waals surface area contributed by atoms with Gasteiger partial charge in [-0.1, -0.05) is 17.7 Å². The zero-order chi connectivity index (χ0) is 17.0. The number of methoxy groups -OCH3 is 1. The van der Waals surface area contributed by atoms with Crippen molar-refractivity contribution in [3.8, 4) is 0 Å². The number of rotatable bonds is 5. The Morgan fingerprint density at radius 1 is 1.52 bits per heavy atom. The van der Waals surface area contributed by atoms with E-state index in [0.717, 1.165) is 0 Å². The molecule has 2 N–H and O–H groups in total. The van der Waals surface area contributed by atoms with Gasteiger partial charge in [-0.3, -0.25) is 9.59 Å². The van der Waals surface area contributed by atoms with Crippen LogP contribution in [-0.4, -0.2) is 55.7 Å². The van der Waals surface area contributed by atoms with E-state index in [1.807, 2.05) is 0 Å². The predicted molar refractivity (Wildman–Crippen MR) is 81.7 cm³/mol. The quantitative estimate of drug-likeness (QED) is 0.870. The first-order chi connectivity index (χ1) is 10.9. The topological polar surface area (TPSA) is 81.9 Å². The zero-order valence-electron chi connectivity index (χ0n) is 12.7. The van der Waals surface area contributed by atoms with E-state index in [1.54, 1.807) is 0 Å². The van der Waals surface area contributed by atoms with Crippen LogP contribution < -0.4 is 5.73 Å². The Balaban J connectivity index is 2.23. The summed E-state index contributed by atoms with van der Waals surface area (Å²) >= 11 is 5.72. The molecular formula is C15H18ClFN2O4. The minimum atomic E-state index is -1.02. The molecule has 1 fully saturated rings. The molecule has 1 aliphatic heterocycles. The van der Waals surface area contributed by atoms with E-state index in [0.29, 0.717) is 0 Å². The molecule has 2 rings (SSSR count). The third kappa shape index (κ3) is 3.99. The van der Waals surface area contributed by atoms with Gasteiger partial charge >= 0.3 is 0 Å². The summed E-state index contributed by atoms with van der Waals surface area (Å²) in [6, 6.07) is 4.24. The predicted octanol–water partition coefficient (Wildman–Crippen LogP) is 1.21. The second-order valence-corrected chi connectivity index (χ2v) is 5.84. The van der Waals surface area contributed by atoms with Gasteiger partial charge in [-0.2, -0.15) is 0 Å². The monoisotopic (exact) mass is 344 g/mol. The van der Waals surface area contributed by atoms with E-state index < -0.39 is 23.2 Å². The summed E-state index contributed by atoms with van der Waals surface area (Å²) in [5.41, 5.74) is 4.12. The summed E-state index contributed by atoms with van der Waals surface area (Å²) in [6.45, 7) is 0.645. The number of morpholine rings is 1. The number of carbonyl (C=O) groups excluding carboxylic acids is 2. The fraction of sp³-hybridized carbons (Fsp3) is 0.467. The summed E-state index contributed by atoms with van der Waals surface area (Å²) < 4.78 is 24.8. The molecule has 0 aliphatic carbocycles. The molecule has 1 aliphatic rings. The maximum absolute atomic E-state index is 14.0. The zero-order valence-corrected chi connectivity index (χ0v) is 13.4. The maximum Gasteiger partial charge on any atom is 0.257 e. The number of ether oxygens (including phenoxy) is 2. The number of carbonyl (C=O) groups is 2. The average Bonchev–Trinajstić information content (AvgIpc) is 2.49. The Bertz CT molecular complexity index is 609. The van der Waals surface area contributed by atoms with Gasteiger partial charge < -0.3 is 20.1 Å². The molecule has 6 nitrogen and oxygen atoms in total. The van der Waals surface area contributed by atoms with Crippen molar-refractivity contribution in [3.05, 3.63) is 34.6 Å². The average molecular weight is 345 g/mol. The third-order valence-electron chi connectivity index (χ3n) is 3.62. The lowest BCUT2D eigenvalue weighted by Crippen LogP contribution is -2.57. The van der Waals surface area contributed by atoms with Gasteiger partial charge in [0.25, 0.3) is 5.91 Å². The van der Waals surface area contributed by atoms with Gasteiger partial charge in [0.1, 0.15) is 5.60 Å². The minimum Gasteiger partial charge on any atom is -0.382 e. The molecular weight excluding hydrogens is 327 g/mol. The molecule has 23 heavy (non-hydrogen) atoms. The van der Waals surface area contributed by atoms with Gasteiger partial charge in [-0.25, -0.2) is 4.39 Å². The van der Waals surface area contributed by atoms with Crippen molar-refractivity contribution < 1.29 is 23.5 Å². The highest BCUT2D eigenvalue weighted by molar-refractivity contribution is 6.31. The smallest absolute Gasteiger partial charge is 0.257 e. The van der Waals surface area contributed by atoms with Crippen molar-refractivity contribution in [2.45, 2.75) is 12.0 Å². The largest absolute Gasteiger partial charge is 0.382 e. The van der Waals surface area contributed by atoms with Gasteiger partial charge in [0, 0.05) is 13.7 Å². The third-order valence-corrected chi connectivity index (χ3v) is 3.91. The highest BCUT2D eigenvalue weighted by Crippen LogP contribution is 2.25. The number of nitrogens with zero attached hydrogens (tertiary/aromatic N) is 1. The number of primary amides is 1. The molecule has 1 aromatic rings. The Morgan fingerprint density at radius 2 is 2.26 bits per heavy atom. The SMILES string of the molecule is COC[C@@]1(CC(N)=O)CN(C(=O)c2cccc(Cl)c2F)CCO1. The van der Waals surface area contributed by atoms with Crippen molar-refractivity contribution in [1.29, 1.82) is 0 Å². The summed E-state index contributed by atoms with van der Waals surface area (Å²) in [5, 5.41) is -0.121. The van der Waals surface area contributed by atoms with Crippen molar-refractivity contribution in [2.75, 3.05) is 33.4 Å². The molecule has 8 heteroatoms.